The molecule has 0 aromatic heterocycles. The molecule has 14 heavy (non-hydrogen) atoms. The van der Waals surface area contributed by atoms with E-state index < -0.39 is 5.60 Å². The molecule has 0 aromatic carbocycles. The molecule has 0 heterocycles. The Hall–Kier alpha value is -0.300. The van der Waals surface area contributed by atoms with E-state index in [1.807, 2.05) is 20.8 Å². The van der Waals surface area contributed by atoms with Crippen LogP contribution in [0, 0.1) is 11.3 Å². The van der Waals surface area contributed by atoms with Gasteiger partial charge in [0.05, 0.1) is 5.60 Å². The van der Waals surface area contributed by atoms with Crippen LogP contribution in [0.3, 0.4) is 0 Å². The Morgan fingerprint density at radius 3 is 1.57 bits per heavy atom. The molecule has 0 amide bonds. The van der Waals surface area contributed by atoms with Gasteiger partial charge in [0.1, 0.15) is 0 Å². The van der Waals surface area contributed by atoms with Crippen molar-refractivity contribution in [3.63, 3.8) is 0 Å². The molecule has 0 spiro atoms. The molecule has 0 saturated carbocycles. The van der Waals surface area contributed by atoms with E-state index in [0.717, 1.165) is 5.57 Å². The summed E-state index contributed by atoms with van der Waals surface area (Å²) in [5.41, 5.74) is 1.98. The van der Waals surface area contributed by atoms with Crippen molar-refractivity contribution in [1.29, 1.82) is 0 Å². The third-order valence-corrected chi connectivity index (χ3v) is 3.46. The summed E-state index contributed by atoms with van der Waals surface area (Å²) < 4.78 is 0. The van der Waals surface area contributed by atoms with Crippen LogP contribution in [0.15, 0.2) is 11.1 Å². The first-order chi connectivity index (χ1) is 5.98. The first kappa shape index (κ1) is 13.7. The predicted molar refractivity (Wildman–Crippen MR) is 63.3 cm³/mol. The van der Waals surface area contributed by atoms with Crippen LogP contribution in [0.1, 0.15) is 55.4 Å². The average molecular weight is 198 g/mol. The lowest BCUT2D eigenvalue weighted by Gasteiger charge is -2.32. The van der Waals surface area contributed by atoms with Crippen LogP contribution in [0.25, 0.3) is 0 Å². The number of hydrogen-bond acceptors (Lipinski definition) is 1. The predicted octanol–water partition coefficient (Wildman–Crippen LogP) is 3.78. The van der Waals surface area contributed by atoms with Gasteiger partial charge in [-0.05, 0) is 44.6 Å². The van der Waals surface area contributed by atoms with Crippen molar-refractivity contribution in [2.24, 2.45) is 11.3 Å². The Morgan fingerprint density at radius 2 is 1.36 bits per heavy atom. The van der Waals surface area contributed by atoms with Crippen LogP contribution >= 0.6 is 0 Å². The summed E-state index contributed by atoms with van der Waals surface area (Å²) in [6.45, 7) is 16.8. The highest BCUT2D eigenvalue weighted by Crippen LogP contribution is 2.34. The van der Waals surface area contributed by atoms with Crippen molar-refractivity contribution in [3.05, 3.63) is 11.1 Å². The van der Waals surface area contributed by atoms with Gasteiger partial charge in [0.15, 0.2) is 0 Å². The maximum Gasteiger partial charge on any atom is 0.0800 e. The minimum atomic E-state index is -0.691. The standard InChI is InChI=1S/C13H26O/c1-9(10(2)12(4,5)6)11(3)13(7,8)14/h10,14H,1-8H3/b11-9-. The fraction of sp³-hybridized carbons (Fsp3) is 0.846. The van der Waals surface area contributed by atoms with E-state index in [-0.39, 0.29) is 5.41 Å². The molecular formula is C13H26O. The zero-order chi connectivity index (χ0) is 11.7. The summed E-state index contributed by atoms with van der Waals surface area (Å²) in [7, 11) is 0. The van der Waals surface area contributed by atoms with E-state index in [2.05, 4.69) is 34.6 Å². The zero-order valence-electron chi connectivity index (χ0n) is 11.0. The Morgan fingerprint density at radius 1 is 1.00 bits per heavy atom. The zero-order valence-corrected chi connectivity index (χ0v) is 11.0. The maximum absolute atomic E-state index is 9.91. The first-order valence-corrected chi connectivity index (χ1v) is 5.38. The second-order valence-corrected chi connectivity index (χ2v) is 5.95. The Labute approximate surface area is 89.2 Å². The first-order valence-electron chi connectivity index (χ1n) is 5.38. The second kappa shape index (κ2) is 4.06. The van der Waals surface area contributed by atoms with E-state index in [9.17, 15) is 5.11 Å². The van der Waals surface area contributed by atoms with Crippen molar-refractivity contribution in [3.8, 4) is 0 Å². The molecule has 1 heteroatoms. The molecule has 0 saturated heterocycles. The van der Waals surface area contributed by atoms with E-state index in [0.29, 0.717) is 5.92 Å². The minimum absolute atomic E-state index is 0.261. The monoisotopic (exact) mass is 198 g/mol. The molecule has 1 nitrogen and oxygen atoms in total. The van der Waals surface area contributed by atoms with Gasteiger partial charge < -0.3 is 5.11 Å². The van der Waals surface area contributed by atoms with Gasteiger partial charge >= 0.3 is 0 Å². The van der Waals surface area contributed by atoms with Crippen molar-refractivity contribution in [1.82, 2.24) is 0 Å². The molecule has 1 unspecified atom stereocenters. The highest BCUT2D eigenvalue weighted by Gasteiger charge is 2.26. The molecule has 0 rings (SSSR count). The third-order valence-electron chi connectivity index (χ3n) is 3.46. The van der Waals surface area contributed by atoms with Crippen LogP contribution in [-0.4, -0.2) is 10.7 Å². The van der Waals surface area contributed by atoms with Crippen molar-refractivity contribution >= 4 is 0 Å². The van der Waals surface area contributed by atoms with Gasteiger partial charge in [-0.15, -0.1) is 0 Å². The molecule has 84 valence electrons. The second-order valence-electron chi connectivity index (χ2n) is 5.95. The summed E-state index contributed by atoms with van der Waals surface area (Å²) in [6, 6.07) is 0. The Balaban J connectivity index is 5.03. The van der Waals surface area contributed by atoms with Crippen LogP contribution in [0.4, 0.5) is 0 Å². The van der Waals surface area contributed by atoms with Crippen LogP contribution < -0.4 is 0 Å². The fourth-order valence-electron chi connectivity index (χ4n) is 1.46. The molecule has 0 fully saturated rings. The summed E-state index contributed by atoms with van der Waals surface area (Å²) in [4.78, 5) is 0. The lowest BCUT2D eigenvalue weighted by molar-refractivity contribution is 0.116. The Kier molecular flexibility index (Phi) is 3.97. The Bertz CT molecular complexity index is 223. The van der Waals surface area contributed by atoms with Gasteiger partial charge in [-0.1, -0.05) is 33.3 Å². The molecule has 0 aromatic rings. The van der Waals surface area contributed by atoms with Crippen molar-refractivity contribution in [2.75, 3.05) is 0 Å². The van der Waals surface area contributed by atoms with E-state index >= 15 is 0 Å². The van der Waals surface area contributed by atoms with Gasteiger partial charge in [-0.3, -0.25) is 0 Å². The van der Waals surface area contributed by atoms with Crippen molar-refractivity contribution < 1.29 is 5.11 Å². The number of aliphatic hydroxyl groups is 1. The van der Waals surface area contributed by atoms with E-state index in [4.69, 9.17) is 0 Å². The molecular weight excluding hydrogens is 172 g/mol. The van der Waals surface area contributed by atoms with Crippen LogP contribution in [0.2, 0.25) is 0 Å². The molecule has 1 atom stereocenters. The summed E-state index contributed by atoms with van der Waals surface area (Å²) in [5.74, 6) is 0.494. The quantitative estimate of drug-likeness (QED) is 0.670. The molecule has 0 aliphatic carbocycles. The lowest BCUT2D eigenvalue weighted by Crippen LogP contribution is -2.26. The normalized spacial score (nSPS) is 17.8. The van der Waals surface area contributed by atoms with E-state index in [1.54, 1.807) is 0 Å². The number of rotatable bonds is 2. The lowest BCUT2D eigenvalue weighted by atomic mass is 9.75. The largest absolute Gasteiger partial charge is 0.386 e. The third kappa shape index (κ3) is 3.45. The smallest absolute Gasteiger partial charge is 0.0800 e. The minimum Gasteiger partial charge on any atom is -0.386 e. The van der Waals surface area contributed by atoms with Crippen molar-refractivity contribution in [2.45, 2.75) is 61.0 Å². The molecule has 0 bridgehead atoms. The highest BCUT2D eigenvalue weighted by molar-refractivity contribution is 5.21. The SMILES string of the molecule is C/C(=C(\C)C(C)(C)O)C(C)C(C)(C)C. The van der Waals surface area contributed by atoms with Gasteiger partial charge in [0.2, 0.25) is 0 Å². The topological polar surface area (TPSA) is 20.2 Å². The molecule has 0 radical (unpaired) electrons. The van der Waals surface area contributed by atoms with Gasteiger partial charge in [-0.25, -0.2) is 0 Å². The number of allylic oxidation sites excluding steroid dienone is 1. The highest BCUT2D eigenvalue weighted by atomic mass is 16.3. The van der Waals surface area contributed by atoms with Crippen LogP contribution in [-0.2, 0) is 0 Å². The average Bonchev–Trinajstić information content (AvgIpc) is 1.97. The molecule has 0 aliphatic heterocycles. The molecule has 1 N–H and O–H groups in total. The van der Waals surface area contributed by atoms with Gasteiger partial charge in [0, 0.05) is 0 Å². The summed E-state index contributed by atoms with van der Waals surface area (Å²) >= 11 is 0. The number of hydrogen-bond donors (Lipinski definition) is 1. The van der Waals surface area contributed by atoms with Gasteiger partial charge in [-0.2, -0.15) is 0 Å². The maximum atomic E-state index is 9.91. The summed E-state index contributed by atoms with van der Waals surface area (Å²) in [5, 5.41) is 9.91. The van der Waals surface area contributed by atoms with Gasteiger partial charge in [0.25, 0.3) is 0 Å². The van der Waals surface area contributed by atoms with E-state index in [1.165, 1.54) is 5.57 Å². The summed E-state index contributed by atoms with van der Waals surface area (Å²) in [6.07, 6.45) is 0. The van der Waals surface area contributed by atoms with Crippen LogP contribution in [0.5, 0.6) is 0 Å². The molecule has 0 aliphatic rings. The fourth-order valence-corrected chi connectivity index (χ4v) is 1.46.